The Hall–Kier alpha value is -1.74. The van der Waals surface area contributed by atoms with Gasteiger partial charge in [-0.15, -0.1) is 0 Å². The normalized spacial score (nSPS) is 9.93. The number of halogens is 1. The SMILES string of the molecule is O=C(c1ccccc1)c1ccnc(Cl)n1. The van der Waals surface area contributed by atoms with Gasteiger partial charge in [-0.25, -0.2) is 9.97 Å². The highest BCUT2D eigenvalue weighted by molar-refractivity contribution is 6.28. The monoisotopic (exact) mass is 218 g/mol. The fraction of sp³-hybridized carbons (Fsp3) is 0. The van der Waals surface area contributed by atoms with Gasteiger partial charge in [0.05, 0.1) is 0 Å². The van der Waals surface area contributed by atoms with Gasteiger partial charge in [-0.1, -0.05) is 30.3 Å². The zero-order valence-corrected chi connectivity index (χ0v) is 8.48. The number of ketones is 1. The topological polar surface area (TPSA) is 42.9 Å². The van der Waals surface area contributed by atoms with Crippen LogP contribution >= 0.6 is 11.6 Å². The number of hydrogen-bond donors (Lipinski definition) is 0. The molecular weight excluding hydrogens is 212 g/mol. The molecule has 2 aromatic rings. The Morgan fingerprint density at radius 2 is 1.87 bits per heavy atom. The van der Waals surface area contributed by atoms with Gasteiger partial charge in [-0.2, -0.15) is 0 Å². The van der Waals surface area contributed by atoms with Crippen LogP contribution in [0.3, 0.4) is 0 Å². The molecule has 0 saturated carbocycles. The fourth-order valence-corrected chi connectivity index (χ4v) is 1.35. The minimum Gasteiger partial charge on any atom is -0.287 e. The molecule has 0 aliphatic carbocycles. The van der Waals surface area contributed by atoms with Crippen molar-refractivity contribution in [2.45, 2.75) is 0 Å². The molecule has 1 heterocycles. The lowest BCUT2D eigenvalue weighted by Crippen LogP contribution is -2.04. The van der Waals surface area contributed by atoms with Crippen molar-refractivity contribution in [2.75, 3.05) is 0 Å². The molecule has 0 atom stereocenters. The summed E-state index contributed by atoms with van der Waals surface area (Å²) < 4.78 is 0. The molecule has 74 valence electrons. The molecule has 0 spiro atoms. The summed E-state index contributed by atoms with van der Waals surface area (Å²) in [5, 5.41) is 0.0804. The van der Waals surface area contributed by atoms with Crippen LogP contribution in [-0.2, 0) is 0 Å². The third kappa shape index (κ3) is 2.19. The van der Waals surface area contributed by atoms with E-state index >= 15 is 0 Å². The summed E-state index contributed by atoms with van der Waals surface area (Å²) in [6.45, 7) is 0. The van der Waals surface area contributed by atoms with Gasteiger partial charge in [0, 0.05) is 11.8 Å². The number of rotatable bonds is 2. The molecule has 0 unspecified atom stereocenters. The number of hydrogen-bond acceptors (Lipinski definition) is 3. The molecule has 0 aliphatic rings. The summed E-state index contributed by atoms with van der Waals surface area (Å²) in [6, 6.07) is 10.5. The first-order chi connectivity index (χ1) is 7.27. The first-order valence-corrected chi connectivity index (χ1v) is 4.73. The highest BCUT2D eigenvalue weighted by atomic mass is 35.5. The minimum absolute atomic E-state index is 0.0804. The lowest BCUT2D eigenvalue weighted by atomic mass is 10.1. The van der Waals surface area contributed by atoms with Crippen molar-refractivity contribution in [3.63, 3.8) is 0 Å². The molecule has 0 fully saturated rings. The van der Waals surface area contributed by atoms with Gasteiger partial charge in [0.15, 0.2) is 0 Å². The Morgan fingerprint density at radius 3 is 2.53 bits per heavy atom. The average molecular weight is 219 g/mol. The van der Waals surface area contributed by atoms with Gasteiger partial charge in [0.1, 0.15) is 5.69 Å². The number of carbonyl (C=O) groups is 1. The van der Waals surface area contributed by atoms with Crippen LogP contribution in [0.4, 0.5) is 0 Å². The maximum absolute atomic E-state index is 11.8. The molecule has 15 heavy (non-hydrogen) atoms. The Labute approximate surface area is 91.8 Å². The maximum atomic E-state index is 11.8. The summed E-state index contributed by atoms with van der Waals surface area (Å²) in [6.07, 6.45) is 1.46. The number of benzene rings is 1. The van der Waals surface area contributed by atoms with Crippen LogP contribution in [0.15, 0.2) is 42.6 Å². The predicted molar refractivity (Wildman–Crippen MR) is 56.9 cm³/mol. The van der Waals surface area contributed by atoms with Crippen LogP contribution in [0.1, 0.15) is 16.1 Å². The van der Waals surface area contributed by atoms with Gasteiger partial charge in [0.25, 0.3) is 0 Å². The lowest BCUT2D eigenvalue weighted by molar-refractivity contribution is 0.103. The van der Waals surface area contributed by atoms with Crippen LogP contribution < -0.4 is 0 Å². The summed E-state index contributed by atoms with van der Waals surface area (Å²) in [7, 11) is 0. The van der Waals surface area contributed by atoms with Crippen molar-refractivity contribution in [3.05, 3.63) is 59.1 Å². The Morgan fingerprint density at radius 1 is 1.13 bits per heavy atom. The molecule has 0 N–H and O–H groups in total. The van der Waals surface area contributed by atoms with Crippen molar-refractivity contribution >= 4 is 17.4 Å². The molecule has 0 saturated heterocycles. The summed E-state index contributed by atoms with van der Waals surface area (Å²) in [4.78, 5) is 19.4. The molecular formula is C11H7ClN2O. The van der Waals surface area contributed by atoms with Gasteiger partial charge in [0.2, 0.25) is 11.1 Å². The van der Waals surface area contributed by atoms with Crippen molar-refractivity contribution < 1.29 is 4.79 Å². The van der Waals surface area contributed by atoms with Gasteiger partial charge >= 0.3 is 0 Å². The maximum Gasteiger partial charge on any atom is 0.222 e. The molecule has 0 aliphatic heterocycles. The van der Waals surface area contributed by atoms with E-state index in [1.807, 2.05) is 6.07 Å². The minimum atomic E-state index is -0.153. The largest absolute Gasteiger partial charge is 0.287 e. The quantitative estimate of drug-likeness (QED) is 0.574. The van der Waals surface area contributed by atoms with E-state index in [4.69, 9.17) is 11.6 Å². The molecule has 0 radical (unpaired) electrons. The summed E-state index contributed by atoms with van der Waals surface area (Å²) in [5.41, 5.74) is 0.897. The zero-order valence-electron chi connectivity index (χ0n) is 7.72. The number of carbonyl (C=O) groups excluding carboxylic acids is 1. The van der Waals surface area contributed by atoms with Crippen LogP contribution in [0, 0.1) is 0 Å². The summed E-state index contributed by atoms with van der Waals surface area (Å²) >= 11 is 5.60. The Kier molecular flexibility index (Phi) is 2.74. The smallest absolute Gasteiger partial charge is 0.222 e. The van der Waals surface area contributed by atoms with Crippen LogP contribution in [0.25, 0.3) is 0 Å². The first kappa shape index (κ1) is 9.80. The van der Waals surface area contributed by atoms with E-state index in [2.05, 4.69) is 9.97 Å². The van der Waals surface area contributed by atoms with E-state index < -0.39 is 0 Å². The highest BCUT2D eigenvalue weighted by Crippen LogP contribution is 2.08. The Bertz CT molecular complexity index is 485. The molecule has 3 nitrogen and oxygen atoms in total. The van der Waals surface area contributed by atoms with Gasteiger partial charge in [-0.3, -0.25) is 4.79 Å². The van der Waals surface area contributed by atoms with Crippen LogP contribution in [0.2, 0.25) is 5.28 Å². The molecule has 1 aromatic heterocycles. The van der Waals surface area contributed by atoms with Crippen LogP contribution in [0.5, 0.6) is 0 Å². The van der Waals surface area contributed by atoms with E-state index in [0.29, 0.717) is 11.3 Å². The van der Waals surface area contributed by atoms with Crippen molar-refractivity contribution in [1.29, 1.82) is 0 Å². The van der Waals surface area contributed by atoms with Gasteiger partial charge < -0.3 is 0 Å². The highest BCUT2D eigenvalue weighted by Gasteiger charge is 2.09. The van der Waals surface area contributed by atoms with Crippen molar-refractivity contribution in [3.8, 4) is 0 Å². The first-order valence-electron chi connectivity index (χ1n) is 4.35. The number of aromatic nitrogens is 2. The third-order valence-electron chi connectivity index (χ3n) is 1.89. The van der Waals surface area contributed by atoms with Crippen LogP contribution in [-0.4, -0.2) is 15.8 Å². The molecule has 1 aromatic carbocycles. The Balaban J connectivity index is 2.37. The van der Waals surface area contributed by atoms with E-state index in [9.17, 15) is 4.79 Å². The second-order valence-corrected chi connectivity index (χ2v) is 3.24. The second kappa shape index (κ2) is 4.19. The standard InChI is InChI=1S/C11H7ClN2O/c12-11-13-7-6-9(14-11)10(15)8-4-2-1-3-5-8/h1-7H. The fourth-order valence-electron chi connectivity index (χ4n) is 1.20. The van der Waals surface area contributed by atoms with Gasteiger partial charge in [-0.05, 0) is 17.7 Å². The van der Waals surface area contributed by atoms with Crippen molar-refractivity contribution in [1.82, 2.24) is 9.97 Å². The molecule has 2 rings (SSSR count). The third-order valence-corrected chi connectivity index (χ3v) is 2.08. The summed E-state index contributed by atoms with van der Waals surface area (Å²) in [5.74, 6) is -0.153. The van der Waals surface area contributed by atoms with E-state index in [-0.39, 0.29) is 11.1 Å². The molecule has 4 heteroatoms. The second-order valence-electron chi connectivity index (χ2n) is 2.91. The molecule has 0 bridgehead atoms. The van der Waals surface area contributed by atoms with E-state index in [0.717, 1.165) is 0 Å². The lowest BCUT2D eigenvalue weighted by Gasteiger charge is -1.99. The predicted octanol–water partition coefficient (Wildman–Crippen LogP) is 2.36. The number of nitrogens with zero attached hydrogens (tertiary/aromatic N) is 2. The average Bonchev–Trinajstić information content (AvgIpc) is 2.29. The molecule has 0 amide bonds. The van der Waals surface area contributed by atoms with Crippen molar-refractivity contribution in [2.24, 2.45) is 0 Å². The van der Waals surface area contributed by atoms with E-state index in [1.165, 1.54) is 6.20 Å². The van der Waals surface area contributed by atoms with E-state index in [1.54, 1.807) is 30.3 Å². The zero-order chi connectivity index (χ0) is 10.7.